The van der Waals surface area contributed by atoms with Crippen molar-refractivity contribution in [3.05, 3.63) is 54.7 Å². The van der Waals surface area contributed by atoms with Crippen molar-refractivity contribution in [3.8, 4) is 22.8 Å². The van der Waals surface area contributed by atoms with Gasteiger partial charge in [-0.3, -0.25) is 9.36 Å². The topological polar surface area (TPSA) is 94.1 Å². The number of aromatic amines is 1. The molecule has 0 aliphatic carbocycles. The van der Waals surface area contributed by atoms with Crippen LogP contribution in [0.3, 0.4) is 0 Å². The molecule has 4 aromatic rings. The van der Waals surface area contributed by atoms with Gasteiger partial charge in [-0.15, -0.1) is 10.2 Å². The molecule has 1 saturated heterocycles. The van der Waals surface area contributed by atoms with Crippen LogP contribution >= 0.6 is 11.8 Å². The molecule has 9 heteroatoms. The Balaban J connectivity index is 1.43. The molecule has 1 atom stereocenters. The fraction of sp³-hybridized carbons (Fsp3) is 0.292. The first-order chi connectivity index (χ1) is 16.2. The number of thioether (sulfide) groups is 1. The molecule has 1 aliphatic heterocycles. The first-order valence-electron chi connectivity index (χ1n) is 10.9. The number of nitrogens with zero attached hydrogens (tertiary/aromatic N) is 3. The van der Waals surface area contributed by atoms with Crippen molar-refractivity contribution >= 4 is 28.6 Å². The zero-order valence-corrected chi connectivity index (χ0v) is 19.1. The Morgan fingerprint density at radius 3 is 2.88 bits per heavy atom. The molecule has 8 nitrogen and oxygen atoms in total. The third kappa shape index (κ3) is 4.60. The van der Waals surface area contributed by atoms with E-state index in [-0.39, 0.29) is 17.8 Å². The third-order valence-electron chi connectivity index (χ3n) is 5.68. The van der Waals surface area contributed by atoms with Crippen molar-refractivity contribution in [1.82, 2.24) is 25.1 Å². The van der Waals surface area contributed by atoms with E-state index in [4.69, 9.17) is 9.47 Å². The Morgan fingerprint density at radius 2 is 2.09 bits per heavy atom. The van der Waals surface area contributed by atoms with Crippen LogP contribution in [-0.4, -0.2) is 57.8 Å². The van der Waals surface area contributed by atoms with Crippen molar-refractivity contribution in [2.24, 2.45) is 0 Å². The van der Waals surface area contributed by atoms with Gasteiger partial charge in [0.2, 0.25) is 5.91 Å². The third-order valence-corrected chi connectivity index (χ3v) is 6.61. The molecule has 170 valence electrons. The summed E-state index contributed by atoms with van der Waals surface area (Å²) in [4.78, 5) is 15.8. The predicted molar refractivity (Wildman–Crippen MR) is 128 cm³/mol. The van der Waals surface area contributed by atoms with Crippen LogP contribution in [0.4, 0.5) is 0 Å². The van der Waals surface area contributed by atoms with Gasteiger partial charge in [0.1, 0.15) is 5.75 Å². The summed E-state index contributed by atoms with van der Waals surface area (Å²) < 4.78 is 12.9. The fourth-order valence-corrected chi connectivity index (χ4v) is 4.75. The Hall–Kier alpha value is -3.30. The Kier molecular flexibility index (Phi) is 6.32. The summed E-state index contributed by atoms with van der Waals surface area (Å²) in [7, 11) is 1.64. The zero-order valence-electron chi connectivity index (χ0n) is 18.3. The molecule has 0 spiro atoms. The van der Waals surface area contributed by atoms with Gasteiger partial charge >= 0.3 is 0 Å². The monoisotopic (exact) mass is 463 g/mol. The number of hydrogen-bond acceptors (Lipinski definition) is 6. The summed E-state index contributed by atoms with van der Waals surface area (Å²) in [6.07, 6.45) is 4.11. The number of nitrogens with one attached hydrogen (secondary N) is 2. The van der Waals surface area contributed by atoms with Crippen LogP contribution in [0, 0.1) is 0 Å². The normalized spacial score (nSPS) is 15.7. The molecular weight excluding hydrogens is 438 g/mol. The molecule has 2 aromatic heterocycles. The fourth-order valence-electron chi connectivity index (χ4n) is 3.97. The van der Waals surface area contributed by atoms with Crippen molar-refractivity contribution in [2.45, 2.75) is 24.1 Å². The Morgan fingerprint density at radius 1 is 1.24 bits per heavy atom. The summed E-state index contributed by atoms with van der Waals surface area (Å²) in [6, 6.07) is 15.8. The van der Waals surface area contributed by atoms with Crippen molar-refractivity contribution in [2.75, 3.05) is 26.0 Å². The average Bonchev–Trinajstić information content (AvgIpc) is 3.61. The van der Waals surface area contributed by atoms with Gasteiger partial charge in [0.05, 0.1) is 19.0 Å². The number of hydrogen-bond donors (Lipinski definition) is 2. The van der Waals surface area contributed by atoms with E-state index in [9.17, 15) is 4.79 Å². The van der Waals surface area contributed by atoms with Gasteiger partial charge in [-0.25, -0.2) is 0 Å². The zero-order chi connectivity index (χ0) is 22.6. The van der Waals surface area contributed by atoms with Crippen molar-refractivity contribution < 1.29 is 14.3 Å². The van der Waals surface area contributed by atoms with E-state index in [0.717, 1.165) is 47.4 Å². The smallest absolute Gasteiger partial charge is 0.230 e. The highest BCUT2D eigenvalue weighted by Crippen LogP contribution is 2.32. The van der Waals surface area contributed by atoms with E-state index in [2.05, 4.69) is 26.6 Å². The summed E-state index contributed by atoms with van der Waals surface area (Å²) >= 11 is 1.36. The highest BCUT2D eigenvalue weighted by atomic mass is 32.2. The van der Waals surface area contributed by atoms with Gasteiger partial charge in [0, 0.05) is 41.5 Å². The van der Waals surface area contributed by atoms with Crippen LogP contribution in [0.15, 0.2) is 59.9 Å². The summed E-state index contributed by atoms with van der Waals surface area (Å²) in [6.45, 7) is 1.32. The standard InChI is InChI=1S/C24H25N5O3S/c1-31-17-10-8-16(9-11-17)29-23(20-14-25-21-7-3-2-6-19(20)21)27-28-24(29)33-15-22(30)26-13-18-5-4-12-32-18/h2-3,6-11,14,18,25H,4-5,12-13,15H2,1H3,(H,26,30). The number of fused-ring (bicyclic) bond motifs is 1. The van der Waals surface area contributed by atoms with Gasteiger partial charge in [-0.2, -0.15) is 0 Å². The van der Waals surface area contributed by atoms with Crippen molar-refractivity contribution in [3.63, 3.8) is 0 Å². The summed E-state index contributed by atoms with van der Waals surface area (Å²) in [5.74, 6) is 1.67. The van der Waals surface area contributed by atoms with Crippen LogP contribution < -0.4 is 10.1 Å². The highest BCUT2D eigenvalue weighted by Gasteiger charge is 2.21. The van der Waals surface area contributed by atoms with Crippen LogP contribution in [0.25, 0.3) is 28.0 Å². The van der Waals surface area contributed by atoms with E-state index in [1.54, 1.807) is 7.11 Å². The van der Waals surface area contributed by atoms with Gasteiger partial charge in [-0.05, 0) is 43.2 Å². The highest BCUT2D eigenvalue weighted by molar-refractivity contribution is 7.99. The minimum absolute atomic E-state index is 0.0478. The van der Waals surface area contributed by atoms with Gasteiger partial charge < -0.3 is 19.8 Å². The lowest BCUT2D eigenvalue weighted by atomic mass is 10.1. The summed E-state index contributed by atoms with van der Waals surface area (Å²) in [5, 5.41) is 13.6. The minimum atomic E-state index is -0.0478. The minimum Gasteiger partial charge on any atom is -0.497 e. The van der Waals surface area contributed by atoms with E-state index >= 15 is 0 Å². The second kappa shape index (κ2) is 9.68. The number of carbonyl (C=O) groups excluding carboxylic acids is 1. The van der Waals surface area contributed by atoms with E-state index in [1.807, 2.05) is 53.2 Å². The Bertz CT molecular complexity index is 1240. The SMILES string of the molecule is COc1ccc(-n2c(SCC(=O)NCC3CCCO3)nnc2-c2c[nH]c3ccccc23)cc1. The maximum atomic E-state index is 12.4. The van der Waals surface area contributed by atoms with E-state index < -0.39 is 0 Å². The number of rotatable bonds is 8. The predicted octanol–water partition coefficient (Wildman–Crippen LogP) is 3.81. The van der Waals surface area contributed by atoms with Crippen LogP contribution in [0.2, 0.25) is 0 Å². The number of carbonyl (C=O) groups is 1. The maximum Gasteiger partial charge on any atom is 0.230 e. The second-order valence-corrected chi connectivity index (χ2v) is 8.76. The van der Waals surface area contributed by atoms with E-state index in [0.29, 0.717) is 17.5 Å². The molecule has 3 heterocycles. The average molecular weight is 464 g/mol. The van der Waals surface area contributed by atoms with Gasteiger partial charge in [-0.1, -0.05) is 30.0 Å². The van der Waals surface area contributed by atoms with Crippen LogP contribution in [0.1, 0.15) is 12.8 Å². The largest absolute Gasteiger partial charge is 0.497 e. The molecule has 1 amide bonds. The number of ether oxygens (including phenoxy) is 2. The maximum absolute atomic E-state index is 12.4. The lowest BCUT2D eigenvalue weighted by molar-refractivity contribution is -0.119. The first kappa shape index (κ1) is 21.5. The number of benzene rings is 2. The molecule has 5 rings (SSSR count). The number of aromatic nitrogens is 4. The molecular formula is C24H25N5O3S. The molecule has 1 unspecified atom stereocenters. The van der Waals surface area contributed by atoms with Gasteiger partial charge in [0.25, 0.3) is 0 Å². The molecule has 1 fully saturated rings. The van der Waals surface area contributed by atoms with Gasteiger partial charge in [0.15, 0.2) is 11.0 Å². The quantitative estimate of drug-likeness (QED) is 0.386. The van der Waals surface area contributed by atoms with Crippen molar-refractivity contribution in [1.29, 1.82) is 0 Å². The van der Waals surface area contributed by atoms with Crippen LogP contribution in [0.5, 0.6) is 5.75 Å². The summed E-state index contributed by atoms with van der Waals surface area (Å²) in [5.41, 5.74) is 2.87. The molecule has 0 radical (unpaired) electrons. The number of H-pyrrole nitrogens is 1. The molecule has 0 saturated carbocycles. The first-order valence-corrected chi connectivity index (χ1v) is 11.9. The number of amides is 1. The molecule has 33 heavy (non-hydrogen) atoms. The lowest BCUT2D eigenvalue weighted by Gasteiger charge is -2.12. The molecule has 2 aromatic carbocycles. The van der Waals surface area contributed by atoms with E-state index in [1.165, 1.54) is 11.8 Å². The number of methoxy groups -OCH3 is 1. The Labute approximate surface area is 195 Å². The van der Waals surface area contributed by atoms with Crippen LogP contribution in [-0.2, 0) is 9.53 Å². The lowest BCUT2D eigenvalue weighted by Crippen LogP contribution is -2.32. The molecule has 0 bridgehead atoms. The number of para-hydroxylation sites is 1. The molecule has 2 N–H and O–H groups in total. The molecule has 1 aliphatic rings. The second-order valence-electron chi connectivity index (χ2n) is 7.82.